The van der Waals surface area contributed by atoms with E-state index in [0.717, 1.165) is 58.3 Å². The highest BCUT2D eigenvalue weighted by Crippen LogP contribution is 2.52. The van der Waals surface area contributed by atoms with Gasteiger partial charge in [-0.15, -0.1) is 0 Å². The number of aromatic nitrogens is 4. The monoisotopic (exact) mass is 1760 g/mol. The van der Waals surface area contributed by atoms with Crippen LogP contribution in [-0.2, 0) is 88.2 Å². The number of amides is 4. The van der Waals surface area contributed by atoms with E-state index in [1.165, 1.54) is 38.1 Å². The van der Waals surface area contributed by atoms with Crippen LogP contribution in [0.4, 0.5) is 36.2 Å². The van der Waals surface area contributed by atoms with E-state index in [4.69, 9.17) is 10.5 Å². The minimum atomic E-state index is -5.41. The number of carboxylic acid groups (broad SMARTS) is 2. The lowest BCUT2D eigenvalue weighted by atomic mass is 9.78. The second-order valence-corrected chi connectivity index (χ2v) is 37.5. The molecule has 3 aliphatic rings. The molecule has 40 heteroatoms. The summed E-state index contributed by atoms with van der Waals surface area (Å²) in [5.41, 5.74) is 7.86. The van der Waals surface area contributed by atoms with E-state index in [0.29, 0.717) is 75.1 Å². The number of carbonyl (C=O) groups excluding carboxylic acids is 4. The SMILES string of the molecule is CC(CCN1C(=CC=C2CCCC(C=CC3=[N+](CCC(C)S(=O)(=O)O)c4ccc5cc(S(=O)(=O)O)ccc5c4C3(C)C)=C2Oc2ccc(CCC(=O)NCCCCC(NC(=O)CCC(NC(=O)c3ccc(N(Cc4cnc5nc(N)[nH]c(=O)c5n4)C(=O)C(F)(F)F)cc3)C(=O)O)C(=O)O)cc2)C(C)(C)c2c1ccc1cc(S(=O)(=O)O)ccc21)S(=O)(=O)O. The van der Waals surface area contributed by atoms with Crippen LogP contribution >= 0.6 is 0 Å². The lowest BCUT2D eigenvalue weighted by Crippen LogP contribution is -2.44. The number of nitrogen functional groups attached to an aromatic ring is 1. The van der Waals surface area contributed by atoms with Crippen LogP contribution in [0.5, 0.6) is 5.75 Å². The Morgan fingerprint density at radius 3 is 1.93 bits per heavy atom. The normalized spacial score (nSPS) is 16.6. The maximum Gasteiger partial charge on any atom is 0.471 e. The van der Waals surface area contributed by atoms with Crippen molar-refractivity contribution in [1.29, 1.82) is 0 Å². The molecule has 12 N–H and O–H groups in total. The fourth-order valence-corrected chi connectivity index (χ4v) is 17.0. The van der Waals surface area contributed by atoms with Gasteiger partial charge < -0.3 is 41.5 Å². The fourth-order valence-electron chi connectivity index (χ4n) is 15.2. The van der Waals surface area contributed by atoms with E-state index in [2.05, 4.69) is 35.9 Å². The Morgan fingerprint density at radius 2 is 1.31 bits per heavy atom. The first kappa shape index (κ1) is 91.1. The van der Waals surface area contributed by atoms with Crippen LogP contribution in [0.15, 0.2) is 177 Å². The average Bonchev–Trinajstić information content (AvgIpc) is 1.57. The Balaban J connectivity index is 0.765. The molecule has 122 heavy (non-hydrogen) atoms. The molecule has 1 aliphatic carbocycles. The quantitative estimate of drug-likeness (QED) is 0.0101. The summed E-state index contributed by atoms with van der Waals surface area (Å²) in [6.07, 6.45) is 4.27. The predicted octanol–water partition coefficient (Wildman–Crippen LogP) is 10.0. The molecule has 0 bridgehead atoms. The molecule has 4 atom stereocenters. The number of aromatic amines is 1. The summed E-state index contributed by atoms with van der Waals surface area (Å²) in [6.45, 7) is 10.1. The highest BCUT2D eigenvalue weighted by atomic mass is 32.2. The fraction of sp³-hybridized carbons (Fsp3) is 0.354. The van der Waals surface area contributed by atoms with Crippen molar-refractivity contribution in [2.75, 3.05) is 35.2 Å². The summed E-state index contributed by atoms with van der Waals surface area (Å²) >= 11 is 0. The van der Waals surface area contributed by atoms with Gasteiger partial charge in [-0.2, -0.15) is 56.4 Å². The highest BCUT2D eigenvalue weighted by Gasteiger charge is 2.48. The van der Waals surface area contributed by atoms with E-state index < -0.39 is 140 Å². The summed E-state index contributed by atoms with van der Waals surface area (Å²) in [5, 5.41) is 27.3. The summed E-state index contributed by atoms with van der Waals surface area (Å²) < 4.78 is 190. The second-order valence-electron chi connectivity index (χ2n) is 31.0. The summed E-state index contributed by atoms with van der Waals surface area (Å²) in [5.74, 6) is -7.08. The molecular weight excluding hydrogens is 1680 g/mol. The Labute approximate surface area is 698 Å². The third-order valence-corrected chi connectivity index (χ3v) is 26.0. The number of aliphatic carboxylic acids is 2. The van der Waals surface area contributed by atoms with Gasteiger partial charge in [-0.05, 0) is 214 Å². The van der Waals surface area contributed by atoms with Gasteiger partial charge in [0.05, 0.1) is 44.1 Å². The van der Waals surface area contributed by atoms with E-state index in [1.807, 2.05) is 61.5 Å². The third-order valence-electron chi connectivity index (χ3n) is 21.8. The van der Waals surface area contributed by atoms with Gasteiger partial charge in [-0.1, -0.05) is 50.3 Å². The maximum atomic E-state index is 13.9. The first-order chi connectivity index (χ1) is 57.1. The number of fused-ring (bicyclic) bond motifs is 7. The van der Waals surface area contributed by atoms with Gasteiger partial charge in [-0.25, -0.2) is 19.6 Å². The Bertz CT molecular complexity index is 6260. The number of nitrogens with two attached hydrogens (primary N) is 1. The summed E-state index contributed by atoms with van der Waals surface area (Å²) in [6, 6.07) is 23.3. The molecule has 0 fully saturated rings. The molecule has 0 spiro atoms. The first-order valence-corrected chi connectivity index (χ1v) is 44.4. The summed E-state index contributed by atoms with van der Waals surface area (Å²) in [4.78, 5) is 105. The Morgan fingerprint density at radius 1 is 0.697 bits per heavy atom. The van der Waals surface area contributed by atoms with Crippen molar-refractivity contribution in [1.82, 2.24) is 35.9 Å². The number of alkyl halides is 3. The minimum Gasteiger partial charge on any atom is -0.480 e. The van der Waals surface area contributed by atoms with E-state index in [9.17, 15) is 109 Å². The number of anilines is 3. The standard InChI is InChI=1S/C82H88F3N11O22S4/c1-46(119(106,107)108)37-40-94-63-31-18-52-42-57(121(112,113)114)26-28-59(52)69(63)80(3,4)65(94)33-20-49-10-9-11-50(21-34-66-81(5,6)70-60-29-27-58(122(115,116)117)43-53(60)19-32-64(70)95(66)41-38-47(2)120(109,110)111)72(49)118-56-24-13-48(14-25-56)15-35-67(97)87-39-8-7-12-61(76(101)102)90-68(98)36-30-62(77(103)104)91-74(99)51-16-22-55(23-17-51)96(78(105)82(83,84)85)45-54-44-88-73-71(89-54)75(100)93-79(86)92-73/h13-14,16-29,31-34,42-44,46-47,61-62H,7-12,15,30,35-41,45H2,1-6H3,(H11-,86,87,88,90,91,92,93,97,98,99,100,101,102,103,104,106,107,108,109,110,111,112,113,114,115,116,117)/p+1. The van der Waals surface area contributed by atoms with Gasteiger partial charge in [-0.3, -0.25) is 52.1 Å². The van der Waals surface area contributed by atoms with E-state index in [-0.39, 0.29) is 114 Å². The summed E-state index contributed by atoms with van der Waals surface area (Å²) in [7, 11) is -18.1. The molecule has 4 unspecified atom stereocenters. The maximum absolute atomic E-state index is 13.9. The van der Waals surface area contributed by atoms with E-state index in [1.54, 1.807) is 60.7 Å². The van der Waals surface area contributed by atoms with Crippen LogP contribution in [0.25, 0.3) is 32.7 Å². The van der Waals surface area contributed by atoms with Crippen LogP contribution in [0.3, 0.4) is 0 Å². The number of rotatable bonds is 34. The van der Waals surface area contributed by atoms with Gasteiger partial charge in [0.2, 0.25) is 23.5 Å². The van der Waals surface area contributed by atoms with Crippen LogP contribution in [-0.4, -0.2) is 176 Å². The largest absolute Gasteiger partial charge is 0.480 e. The van der Waals surface area contributed by atoms with Crippen LogP contribution in [0.1, 0.15) is 145 Å². The molecule has 2 aromatic heterocycles. The van der Waals surface area contributed by atoms with Crippen molar-refractivity contribution < 1.29 is 113 Å². The molecule has 4 amide bonds. The molecule has 648 valence electrons. The van der Waals surface area contributed by atoms with Gasteiger partial charge >= 0.3 is 24.0 Å². The minimum absolute atomic E-state index is 0.0109. The van der Waals surface area contributed by atoms with Gasteiger partial charge in [0.15, 0.2) is 23.4 Å². The third kappa shape index (κ3) is 21.1. The number of carbonyl (C=O) groups is 6. The number of carboxylic acids is 2. The van der Waals surface area contributed by atoms with Gasteiger partial charge in [0, 0.05) is 78.1 Å². The number of hydrogen-bond acceptors (Lipinski definition) is 21. The smallest absolute Gasteiger partial charge is 0.471 e. The molecule has 11 rings (SSSR count). The number of unbranched alkanes of at least 4 members (excludes halogenated alkanes) is 1. The predicted molar refractivity (Wildman–Crippen MR) is 444 cm³/mol. The molecular formula is C82H89F3N11O22S4+. The molecule has 4 heterocycles. The number of nitrogens with one attached hydrogen (secondary N) is 4. The lowest BCUT2D eigenvalue weighted by molar-refractivity contribution is -0.438. The zero-order chi connectivity index (χ0) is 89.1. The Kier molecular flexibility index (Phi) is 27.0. The van der Waals surface area contributed by atoms with E-state index >= 15 is 0 Å². The molecule has 2 aliphatic heterocycles. The van der Waals surface area contributed by atoms with Crippen molar-refractivity contribution in [2.45, 2.75) is 175 Å². The van der Waals surface area contributed by atoms with Crippen molar-refractivity contribution in [3.8, 4) is 5.75 Å². The number of allylic oxidation sites excluding steroid dienone is 7. The van der Waals surface area contributed by atoms with Crippen LogP contribution in [0, 0.1) is 0 Å². The Hall–Kier alpha value is -11.7. The number of aryl methyl sites for hydroxylation is 1. The zero-order valence-electron chi connectivity index (χ0n) is 66.6. The number of nitrogens with zero attached hydrogens (tertiary/aromatic N) is 6. The zero-order valence-corrected chi connectivity index (χ0v) is 69.9. The van der Waals surface area contributed by atoms with Crippen LogP contribution < -0.4 is 41.8 Å². The number of H-pyrrole nitrogens is 1. The number of halogens is 3. The van der Waals surface area contributed by atoms with Crippen molar-refractivity contribution in [3.63, 3.8) is 0 Å². The molecule has 6 aromatic carbocycles. The number of hydrogen-bond donors (Lipinski definition) is 11. The average molecular weight is 1770 g/mol. The number of ether oxygens (including phenoxy) is 1. The van der Waals surface area contributed by atoms with Crippen LogP contribution in [0.2, 0.25) is 0 Å². The molecule has 0 saturated carbocycles. The van der Waals surface area contributed by atoms with Gasteiger partial charge in [0.25, 0.3) is 51.9 Å². The lowest BCUT2D eigenvalue weighted by Gasteiger charge is -2.28. The molecule has 0 saturated heterocycles. The molecule has 0 radical (unpaired) electrons. The van der Waals surface area contributed by atoms with Gasteiger partial charge in [0.1, 0.15) is 23.6 Å². The molecule has 33 nitrogen and oxygen atoms in total. The topological polar surface area (TPSA) is 513 Å². The van der Waals surface area contributed by atoms with Crippen molar-refractivity contribution in [2.24, 2.45) is 0 Å². The first-order valence-electron chi connectivity index (χ1n) is 38.5. The number of benzene rings is 6. The second kappa shape index (κ2) is 36.2. The van der Waals surface area contributed by atoms with Crippen molar-refractivity contribution in [3.05, 3.63) is 201 Å². The molecule has 8 aromatic rings. The highest BCUT2D eigenvalue weighted by molar-refractivity contribution is 7.87. The van der Waals surface area contributed by atoms with Crippen molar-refractivity contribution >= 4 is 137 Å².